The molecule has 0 aromatic heterocycles. The third-order valence-electron chi connectivity index (χ3n) is 2.76. The molecule has 1 aromatic rings. The molecule has 2 unspecified atom stereocenters. The standard InChI is InChI=1S/C14H14O4/c15-8-3-1-2-7-12-13(18-12)10-5-4-6-11(9-10)14(16)17/h2,4-9,12-13H,1,3H2,(H,16,17). The molecule has 4 heteroatoms. The molecule has 1 aliphatic rings. The summed E-state index contributed by atoms with van der Waals surface area (Å²) in [5.74, 6) is -0.935. The molecule has 0 radical (unpaired) electrons. The minimum absolute atomic E-state index is 0.000645. The Kier molecular flexibility index (Phi) is 3.89. The molecule has 1 heterocycles. The Bertz CT molecular complexity index is 478. The Balaban J connectivity index is 1.94. The summed E-state index contributed by atoms with van der Waals surface area (Å²) in [5.41, 5.74) is 1.15. The first kappa shape index (κ1) is 12.5. The van der Waals surface area contributed by atoms with E-state index in [-0.39, 0.29) is 17.8 Å². The van der Waals surface area contributed by atoms with Gasteiger partial charge in [0.2, 0.25) is 0 Å². The van der Waals surface area contributed by atoms with E-state index in [1.807, 2.05) is 18.2 Å². The van der Waals surface area contributed by atoms with Gasteiger partial charge in [0.1, 0.15) is 18.5 Å². The van der Waals surface area contributed by atoms with Crippen LogP contribution in [-0.4, -0.2) is 23.5 Å². The third-order valence-corrected chi connectivity index (χ3v) is 2.76. The first-order chi connectivity index (χ1) is 8.72. The van der Waals surface area contributed by atoms with Gasteiger partial charge in [0, 0.05) is 6.42 Å². The van der Waals surface area contributed by atoms with E-state index < -0.39 is 5.97 Å². The molecule has 94 valence electrons. The van der Waals surface area contributed by atoms with Crippen molar-refractivity contribution in [3.05, 3.63) is 47.5 Å². The second-order valence-corrected chi connectivity index (χ2v) is 4.12. The van der Waals surface area contributed by atoms with Crippen molar-refractivity contribution in [2.45, 2.75) is 25.0 Å². The number of aromatic carboxylic acids is 1. The number of unbranched alkanes of at least 4 members (excludes halogenated alkanes) is 1. The van der Waals surface area contributed by atoms with Crippen LogP contribution >= 0.6 is 0 Å². The normalized spacial score (nSPS) is 22.0. The summed E-state index contributed by atoms with van der Waals surface area (Å²) in [7, 11) is 0. The minimum atomic E-state index is -0.935. The molecular formula is C14H14O4. The van der Waals surface area contributed by atoms with Gasteiger partial charge in [-0.15, -0.1) is 0 Å². The molecule has 1 saturated heterocycles. The van der Waals surface area contributed by atoms with Gasteiger partial charge in [-0.2, -0.15) is 0 Å². The summed E-state index contributed by atoms with van der Waals surface area (Å²) in [6.07, 6.45) is 5.89. The Labute approximate surface area is 105 Å². The number of ether oxygens (including phenoxy) is 1. The van der Waals surface area contributed by atoms with Crippen LogP contribution in [-0.2, 0) is 9.53 Å². The number of carbonyl (C=O) groups is 2. The van der Waals surface area contributed by atoms with Gasteiger partial charge >= 0.3 is 5.97 Å². The summed E-state index contributed by atoms with van der Waals surface area (Å²) in [4.78, 5) is 21.0. The van der Waals surface area contributed by atoms with Gasteiger partial charge in [-0.1, -0.05) is 24.3 Å². The van der Waals surface area contributed by atoms with E-state index in [2.05, 4.69) is 0 Å². The lowest BCUT2D eigenvalue weighted by atomic mass is 10.1. The highest BCUT2D eigenvalue weighted by molar-refractivity contribution is 5.87. The summed E-state index contributed by atoms with van der Waals surface area (Å²) < 4.78 is 5.45. The fraction of sp³-hybridized carbons (Fsp3) is 0.286. The van der Waals surface area contributed by atoms with Crippen LogP contribution in [0.1, 0.15) is 34.9 Å². The molecule has 4 nitrogen and oxygen atoms in total. The molecule has 0 amide bonds. The van der Waals surface area contributed by atoms with Crippen molar-refractivity contribution < 1.29 is 19.4 Å². The molecule has 1 fully saturated rings. The summed E-state index contributed by atoms with van der Waals surface area (Å²) in [6.45, 7) is 0. The Morgan fingerprint density at radius 1 is 1.39 bits per heavy atom. The monoisotopic (exact) mass is 246 g/mol. The number of allylic oxidation sites excluding steroid dienone is 1. The zero-order valence-electron chi connectivity index (χ0n) is 9.78. The lowest BCUT2D eigenvalue weighted by molar-refractivity contribution is -0.107. The highest BCUT2D eigenvalue weighted by atomic mass is 16.6. The van der Waals surface area contributed by atoms with Crippen molar-refractivity contribution in [3.8, 4) is 0 Å². The van der Waals surface area contributed by atoms with Gasteiger partial charge in [-0.05, 0) is 24.1 Å². The fourth-order valence-electron chi connectivity index (χ4n) is 1.78. The SMILES string of the molecule is O=CCCC=CC1OC1c1cccc(C(=O)O)c1. The van der Waals surface area contributed by atoms with E-state index >= 15 is 0 Å². The maximum Gasteiger partial charge on any atom is 0.335 e. The molecule has 2 rings (SSSR count). The second kappa shape index (κ2) is 5.60. The van der Waals surface area contributed by atoms with Crippen LogP contribution in [0.2, 0.25) is 0 Å². The Hall–Kier alpha value is -1.94. The molecule has 0 spiro atoms. The van der Waals surface area contributed by atoms with Gasteiger partial charge < -0.3 is 14.6 Å². The molecule has 0 saturated carbocycles. The van der Waals surface area contributed by atoms with E-state index in [0.29, 0.717) is 12.8 Å². The van der Waals surface area contributed by atoms with Crippen LogP contribution in [0.3, 0.4) is 0 Å². The quantitative estimate of drug-likeness (QED) is 0.362. The number of carboxylic acids is 1. The zero-order valence-corrected chi connectivity index (χ0v) is 9.78. The molecule has 0 bridgehead atoms. The average Bonchev–Trinajstić information content (AvgIpc) is 3.14. The second-order valence-electron chi connectivity index (χ2n) is 4.12. The van der Waals surface area contributed by atoms with Crippen molar-refractivity contribution in [2.75, 3.05) is 0 Å². The largest absolute Gasteiger partial charge is 0.478 e. The van der Waals surface area contributed by atoms with Gasteiger partial charge in [-0.25, -0.2) is 4.79 Å². The highest BCUT2D eigenvalue weighted by Gasteiger charge is 2.37. The molecule has 2 atom stereocenters. The smallest absolute Gasteiger partial charge is 0.335 e. The van der Waals surface area contributed by atoms with E-state index in [1.54, 1.807) is 18.2 Å². The number of rotatable bonds is 6. The summed E-state index contributed by atoms with van der Waals surface area (Å²) >= 11 is 0. The van der Waals surface area contributed by atoms with Crippen molar-refractivity contribution in [2.24, 2.45) is 0 Å². The maximum absolute atomic E-state index is 10.8. The number of aldehydes is 1. The van der Waals surface area contributed by atoms with E-state index in [0.717, 1.165) is 11.8 Å². The van der Waals surface area contributed by atoms with E-state index in [4.69, 9.17) is 9.84 Å². The van der Waals surface area contributed by atoms with Crippen molar-refractivity contribution in [1.29, 1.82) is 0 Å². The van der Waals surface area contributed by atoms with Crippen molar-refractivity contribution >= 4 is 12.3 Å². The maximum atomic E-state index is 10.8. The highest BCUT2D eigenvalue weighted by Crippen LogP contribution is 2.39. The lowest BCUT2D eigenvalue weighted by Gasteiger charge is -1.97. The first-order valence-electron chi connectivity index (χ1n) is 5.81. The van der Waals surface area contributed by atoms with Crippen molar-refractivity contribution in [1.82, 2.24) is 0 Å². The molecular weight excluding hydrogens is 232 g/mol. The van der Waals surface area contributed by atoms with Gasteiger partial charge in [0.15, 0.2) is 0 Å². The topological polar surface area (TPSA) is 66.9 Å². The molecule has 1 aliphatic heterocycles. The lowest BCUT2D eigenvalue weighted by Crippen LogP contribution is -1.97. The van der Waals surface area contributed by atoms with Crippen LogP contribution in [0.25, 0.3) is 0 Å². The number of carbonyl (C=O) groups excluding carboxylic acids is 1. The zero-order chi connectivity index (χ0) is 13.0. The molecule has 18 heavy (non-hydrogen) atoms. The van der Waals surface area contributed by atoms with Crippen LogP contribution in [0.15, 0.2) is 36.4 Å². The van der Waals surface area contributed by atoms with Crippen LogP contribution < -0.4 is 0 Å². The van der Waals surface area contributed by atoms with Crippen LogP contribution in [0.5, 0.6) is 0 Å². The predicted molar refractivity (Wildman–Crippen MR) is 65.5 cm³/mol. The minimum Gasteiger partial charge on any atom is -0.478 e. The molecule has 1 N–H and O–H groups in total. The van der Waals surface area contributed by atoms with Gasteiger partial charge in [0.05, 0.1) is 5.56 Å². The average molecular weight is 246 g/mol. The number of hydrogen-bond donors (Lipinski definition) is 1. The van der Waals surface area contributed by atoms with Crippen LogP contribution in [0.4, 0.5) is 0 Å². The summed E-state index contributed by atoms with van der Waals surface area (Å²) in [5, 5.41) is 8.89. The number of carboxylic acid groups (broad SMARTS) is 1. The van der Waals surface area contributed by atoms with Gasteiger partial charge in [0.25, 0.3) is 0 Å². The summed E-state index contributed by atoms with van der Waals surface area (Å²) in [6, 6.07) is 6.76. The number of benzene rings is 1. The molecule has 0 aliphatic carbocycles. The van der Waals surface area contributed by atoms with Gasteiger partial charge in [-0.3, -0.25) is 0 Å². The number of hydrogen-bond acceptors (Lipinski definition) is 3. The molecule has 1 aromatic carbocycles. The predicted octanol–water partition coefficient (Wildman–Crippen LogP) is 2.36. The Morgan fingerprint density at radius 3 is 2.94 bits per heavy atom. The fourth-order valence-corrected chi connectivity index (χ4v) is 1.78. The van der Waals surface area contributed by atoms with E-state index in [1.165, 1.54) is 0 Å². The van der Waals surface area contributed by atoms with E-state index in [9.17, 15) is 9.59 Å². The number of epoxide rings is 1. The van der Waals surface area contributed by atoms with Crippen molar-refractivity contribution in [3.63, 3.8) is 0 Å². The van der Waals surface area contributed by atoms with Crippen LogP contribution in [0, 0.1) is 0 Å². The Morgan fingerprint density at radius 2 is 2.22 bits per heavy atom. The first-order valence-corrected chi connectivity index (χ1v) is 5.81. The third kappa shape index (κ3) is 3.05.